The number of hydrogen-bond acceptors (Lipinski definition) is 7. The Labute approximate surface area is 195 Å². The number of fused-ring (bicyclic) bond motifs is 1. The molecule has 1 unspecified atom stereocenters. The van der Waals surface area contributed by atoms with E-state index < -0.39 is 46.4 Å². The average Bonchev–Trinajstić information content (AvgIpc) is 2.99. The van der Waals surface area contributed by atoms with Gasteiger partial charge in [0.25, 0.3) is 6.47 Å². The molecular weight excluding hydrogens is 478 g/mol. The number of aromatic nitrogens is 1. The standard InChI is InChI=1S/C22H28BrN5O4/c1-20(2,3)16(25)19(31)28-10-15-21(4,5)22(15,32-11-29)17(28)18(30)27-14(7-24)12-6-13(23)9-26-8-12/h6,8-9,11,14-17H,10,25H2,1-5H3,(H,27,30)/t14?,15-,16-,17-,22+/m1/s1. The summed E-state index contributed by atoms with van der Waals surface area (Å²) in [5.74, 6) is -1.20. The molecule has 1 saturated heterocycles. The van der Waals surface area contributed by atoms with E-state index in [1.807, 2.05) is 34.6 Å². The maximum atomic E-state index is 13.5. The number of nitrogens with two attached hydrogens (primary N) is 1. The van der Waals surface area contributed by atoms with E-state index >= 15 is 0 Å². The van der Waals surface area contributed by atoms with Crippen LogP contribution in [0.15, 0.2) is 22.9 Å². The van der Waals surface area contributed by atoms with Crippen LogP contribution in [0.1, 0.15) is 46.2 Å². The molecule has 1 aliphatic carbocycles. The zero-order chi connectivity index (χ0) is 24.1. The number of halogens is 1. The molecule has 0 aromatic carbocycles. The minimum Gasteiger partial charge on any atom is -0.458 e. The first-order chi connectivity index (χ1) is 14.8. The van der Waals surface area contributed by atoms with Crippen LogP contribution in [0.3, 0.4) is 0 Å². The van der Waals surface area contributed by atoms with Gasteiger partial charge in [0.2, 0.25) is 11.8 Å². The summed E-state index contributed by atoms with van der Waals surface area (Å²) >= 11 is 3.31. The Hall–Kier alpha value is -2.51. The number of amides is 2. The van der Waals surface area contributed by atoms with Gasteiger partial charge >= 0.3 is 0 Å². The van der Waals surface area contributed by atoms with Crippen molar-refractivity contribution >= 4 is 34.2 Å². The van der Waals surface area contributed by atoms with E-state index in [4.69, 9.17) is 10.5 Å². The van der Waals surface area contributed by atoms with E-state index in [-0.39, 0.29) is 12.5 Å². The molecule has 2 aliphatic rings. The Morgan fingerprint density at radius 2 is 2.09 bits per heavy atom. The fourth-order valence-corrected chi connectivity index (χ4v) is 5.16. The second-order valence-corrected chi connectivity index (χ2v) is 10.9. The van der Waals surface area contributed by atoms with Gasteiger partial charge in [-0.3, -0.25) is 19.4 Å². The first-order valence-corrected chi connectivity index (χ1v) is 11.1. The van der Waals surface area contributed by atoms with Crippen LogP contribution in [0.4, 0.5) is 0 Å². The highest BCUT2D eigenvalue weighted by Crippen LogP contribution is 2.70. The van der Waals surface area contributed by atoms with E-state index in [9.17, 15) is 19.6 Å². The van der Waals surface area contributed by atoms with Gasteiger partial charge in [-0.1, -0.05) is 34.6 Å². The lowest BCUT2D eigenvalue weighted by Crippen LogP contribution is -2.60. The summed E-state index contributed by atoms with van der Waals surface area (Å²) < 4.78 is 6.18. The highest BCUT2D eigenvalue weighted by Gasteiger charge is 2.84. The van der Waals surface area contributed by atoms with Crippen molar-refractivity contribution in [1.29, 1.82) is 5.26 Å². The lowest BCUT2D eigenvalue weighted by Gasteiger charge is -2.37. The van der Waals surface area contributed by atoms with Crippen LogP contribution in [0.5, 0.6) is 0 Å². The number of hydrogen-bond donors (Lipinski definition) is 2. The van der Waals surface area contributed by atoms with Crippen LogP contribution in [-0.4, -0.2) is 52.4 Å². The molecule has 9 nitrogen and oxygen atoms in total. The lowest BCUT2D eigenvalue weighted by molar-refractivity contribution is -0.154. The number of carbonyl (C=O) groups is 3. The van der Waals surface area contributed by atoms with Gasteiger partial charge in [0.15, 0.2) is 11.6 Å². The van der Waals surface area contributed by atoms with Gasteiger partial charge in [-0.05, 0) is 27.4 Å². The van der Waals surface area contributed by atoms with E-state index in [0.29, 0.717) is 16.5 Å². The molecule has 1 aromatic rings. The van der Waals surface area contributed by atoms with Gasteiger partial charge in [-0.15, -0.1) is 0 Å². The number of rotatable bonds is 6. The topological polar surface area (TPSA) is 138 Å². The molecule has 32 heavy (non-hydrogen) atoms. The van der Waals surface area contributed by atoms with E-state index in [1.165, 1.54) is 11.1 Å². The fraction of sp³-hybridized carbons (Fsp3) is 0.591. The number of nitriles is 1. The molecule has 1 aliphatic heterocycles. The van der Waals surface area contributed by atoms with Crippen LogP contribution >= 0.6 is 15.9 Å². The Bertz CT molecular complexity index is 985. The molecule has 5 atom stereocenters. The van der Waals surface area contributed by atoms with Crippen molar-refractivity contribution in [3.63, 3.8) is 0 Å². The highest BCUT2D eigenvalue weighted by atomic mass is 79.9. The molecule has 0 radical (unpaired) electrons. The third kappa shape index (κ3) is 3.67. The molecule has 2 heterocycles. The number of likely N-dealkylation sites (tertiary alicyclic amines) is 1. The van der Waals surface area contributed by atoms with Gasteiger partial charge in [0.05, 0.1) is 12.1 Å². The molecular formula is C22H28BrN5O4. The fourth-order valence-electron chi connectivity index (χ4n) is 4.78. The molecule has 0 spiro atoms. The first-order valence-electron chi connectivity index (χ1n) is 10.3. The number of nitrogens with zero attached hydrogens (tertiary/aromatic N) is 3. The number of ether oxygens (including phenoxy) is 1. The minimum absolute atomic E-state index is 0.222. The largest absolute Gasteiger partial charge is 0.458 e. The number of pyridine rings is 1. The predicted molar refractivity (Wildman–Crippen MR) is 119 cm³/mol. The summed E-state index contributed by atoms with van der Waals surface area (Å²) in [6, 6.07) is 0.764. The second-order valence-electron chi connectivity index (χ2n) is 10.0. The summed E-state index contributed by atoms with van der Waals surface area (Å²) in [5, 5.41) is 12.4. The zero-order valence-corrected chi connectivity index (χ0v) is 20.3. The molecule has 1 aromatic heterocycles. The molecule has 2 amide bonds. The van der Waals surface area contributed by atoms with Crippen LogP contribution in [-0.2, 0) is 19.1 Å². The van der Waals surface area contributed by atoms with E-state index in [0.717, 1.165) is 0 Å². The molecule has 172 valence electrons. The predicted octanol–water partition coefficient (Wildman–Crippen LogP) is 1.68. The highest BCUT2D eigenvalue weighted by molar-refractivity contribution is 9.10. The van der Waals surface area contributed by atoms with E-state index in [2.05, 4.69) is 32.3 Å². The Kier molecular flexibility index (Phi) is 6.13. The van der Waals surface area contributed by atoms with Crippen LogP contribution in [0.2, 0.25) is 0 Å². The molecule has 3 rings (SSSR count). The van der Waals surface area contributed by atoms with Crippen molar-refractivity contribution in [2.75, 3.05) is 6.54 Å². The number of nitrogens with one attached hydrogen (secondary N) is 1. The molecule has 10 heteroatoms. The summed E-state index contributed by atoms with van der Waals surface area (Å²) in [6.45, 7) is 9.87. The van der Waals surface area contributed by atoms with Crippen LogP contribution in [0.25, 0.3) is 0 Å². The zero-order valence-electron chi connectivity index (χ0n) is 18.8. The van der Waals surface area contributed by atoms with Crippen molar-refractivity contribution in [2.45, 2.75) is 58.3 Å². The summed E-state index contributed by atoms with van der Waals surface area (Å²) in [4.78, 5) is 43.7. The van der Waals surface area contributed by atoms with Gasteiger partial charge < -0.3 is 20.7 Å². The third-order valence-corrected chi connectivity index (χ3v) is 7.29. The summed E-state index contributed by atoms with van der Waals surface area (Å²) in [7, 11) is 0. The SMILES string of the molecule is CC(C)(C)[C@H](N)C(=O)N1C[C@@H]2C(C)(C)[C@@]2(OC=O)[C@H]1C(=O)NC(C#N)c1cncc(Br)c1. The molecule has 1 saturated carbocycles. The quantitative estimate of drug-likeness (QED) is 0.560. The minimum atomic E-state index is -1.18. The normalized spacial score (nSPS) is 27.5. The van der Waals surface area contributed by atoms with Crippen molar-refractivity contribution in [1.82, 2.24) is 15.2 Å². The van der Waals surface area contributed by atoms with Crippen LogP contribution < -0.4 is 11.1 Å². The van der Waals surface area contributed by atoms with Crippen molar-refractivity contribution in [3.8, 4) is 6.07 Å². The second kappa shape index (κ2) is 8.12. The smallest absolute Gasteiger partial charge is 0.293 e. The van der Waals surface area contributed by atoms with Crippen molar-refractivity contribution in [2.24, 2.45) is 22.5 Å². The number of carbonyl (C=O) groups excluding carboxylic acids is 3. The van der Waals surface area contributed by atoms with E-state index in [1.54, 1.807) is 12.3 Å². The maximum Gasteiger partial charge on any atom is 0.293 e. The van der Waals surface area contributed by atoms with Crippen LogP contribution in [0, 0.1) is 28.1 Å². The lowest BCUT2D eigenvalue weighted by atomic mass is 9.85. The molecule has 2 fully saturated rings. The average molecular weight is 506 g/mol. The summed E-state index contributed by atoms with van der Waals surface area (Å²) in [6.07, 6.45) is 3.04. The van der Waals surface area contributed by atoms with Crippen molar-refractivity contribution in [3.05, 3.63) is 28.5 Å². The van der Waals surface area contributed by atoms with Gasteiger partial charge in [0, 0.05) is 40.3 Å². The van der Waals surface area contributed by atoms with Gasteiger partial charge in [-0.2, -0.15) is 5.26 Å². The monoisotopic (exact) mass is 505 g/mol. The van der Waals surface area contributed by atoms with Crippen molar-refractivity contribution < 1.29 is 19.1 Å². The van der Waals surface area contributed by atoms with Gasteiger partial charge in [-0.25, -0.2) is 0 Å². The Balaban J connectivity index is 1.97. The molecule has 3 N–H and O–H groups in total. The first kappa shape index (κ1) is 24.1. The number of piperidine rings is 1. The third-order valence-electron chi connectivity index (χ3n) is 6.86. The van der Waals surface area contributed by atoms with Gasteiger partial charge in [0.1, 0.15) is 6.04 Å². The Morgan fingerprint density at radius 1 is 1.44 bits per heavy atom. The summed E-state index contributed by atoms with van der Waals surface area (Å²) in [5.41, 5.74) is 4.47. The maximum absolute atomic E-state index is 13.5. The Morgan fingerprint density at radius 3 is 2.62 bits per heavy atom. The molecule has 0 bridgehead atoms.